The maximum atomic E-state index is 12.6. The number of halogens is 1. The van der Waals surface area contributed by atoms with Gasteiger partial charge in [-0.25, -0.2) is 0 Å². The summed E-state index contributed by atoms with van der Waals surface area (Å²) in [6.07, 6.45) is 3.65. The van der Waals surface area contributed by atoms with Crippen LogP contribution in [0.15, 0.2) is 18.2 Å². The third-order valence-corrected chi connectivity index (χ3v) is 6.42. The van der Waals surface area contributed by atoms with E-state index in [0.717, 1.165) is 3.57 Å². The van der Waals surface area contributed by atoms with Crippen molar-refractivity contribution >= 4 is 28.5 Å². The molecule has 2 bridgehead atoms. The maximum absolute atomic E-state index is 12.6. The van der Waals surface area contributed by atoms with E-state index in [-0.39, 0.29) is 28.5 Å². The monoisotopic (exact) mass is 399 g/mol. The molecular weight excluding hydrogens is 377 g/mol. The van der Waals surface area contributed by atoms with E-state index in [9.17, 15) is 9.90 Å². The molecule has 3 atom stereocenters. The van der Waals surface area contributed by atoms with Gasteiger partial charge in [0.25, 0.3) is 5.91 Å². The lowest BCUT2D eigenvalue weighted by Crippen LogP contribution is -2.52. The SMILES string of the molecule is CC12CCC(C1)C(C)(C)C2NC(=O)c1cc(I)ccc1O. The number of phenols is 1. The van der Waals surface area contributed by atoms with Gasteiger partial charge in [-0.15, -0.1) is 0 Å². The van der Waals surface area contributed by atoms with E-state index in [0.29, 0.717) is 11.5 Å². The van der Waals surface area contributed by atoms with Crippen molar-refractivity contribution in [2.75, 3.05) is 0 Å². The Kier molecular flexibility index (Phi) is 3.50. The van der Waals surface area contributed by atoms with E-state index in [4.69, 9.17) is 0 Å². The average Bonchev–Trinajstić information content (AvgIpc) is 2.88. The second kappa shape index (κ2) is 4.86. The van der Waals surface area contributed by atoms with Crippen LogP contribution in [0.2, 0.25) is 0 Å². The quantitative estimate of drug-likeness (QED) is 0.741. The van der Waals surface area contributed by atoms with Gasteiger partial charge in [0.05, 0.1) is 5.56 Å². The largest absolute Gasteiger partial charge is 0.507 e. The van der Waals surface area contributed by atoms with Crippen LogP contribution in [-0.2, 0) is 0 Å². The molecule has 0 radical (unpaired) electrons. The Morgan fingerprint density at radius 3 is 2.71 bits per heavy atom. The van der Waals surface area contributed by atoms with Crippen molar-refractivity contribution in [3.05, 3.63) is 27.3 Å². The zero-order chi connectivity index (χ0) is 15.4. The van der Waals surface area contributed by atoms with Crippen molar-refractivity contribution < 1.29 is 9.90 Å². The highest BCUT2D eigenvalue weighted by Crippen LogP contribution is 2.62. The normalized spacial score (nSPS) is 33.1. The molecule has 0 saturated heterocycles. The molecule has 3 unspecified atom stereocenters. The summed E-state index contributed by atoms with van der Waals surface area (Å²) >= 11 is 2.16. The van der Waals surface area contributed by atoms with Crippen molar-refractivity contribution in [3.63, 3.8) is 0 Å². The summed E-state index contributed by atoms with van der Waals surface area (Å²) in [7, 11) is 0. The second-order valence-corrected chi connectivity index (χ2v) is 8.73. The van der Waals surface area contributed by atoms with Gasteiger partial charge < -0.3 is 10.4 Å². The Labute approximate surface area is 139 Å². The smallest absolute Gasteiger partial charge is 0.255 e. The van der Waals surface area contributed by atoms with Crippen LogP contribution in [0.3, 0.4) is 0 Å². The highest BCUT2D eigenvalue weighted by Gasteiger charge is 2.59. The molecule has 3 rings (SSSR count). The molecule has 2 aliphatic rings. The van der Waals surface area contributed by atoms with Crippen LogP contribution in [0.5, 0.6) is 5.75 Å². The van der Waals surface area contributed by atoms with Gasteiger partial charge in [-0.3, -0.25) is 4.79 Å². The summed E-state index contributed by atoms with van der Waals surface area (Å²) in [6.45, 7) is 6.82. The minimum atomic E-state index is -0.155. The predicted octanol–water partition coefficient (Wildman–Crippen LogP) is 3.94. The zero-order valence-electron chi connectivity index (χ0n) is 12.7. The van der Waals surface area contributed by atoms with Gasteiger partial charge in [-0.2, -0.15) is 0 Å². The van der Waals surface area contributed by atoms with Crippen LogP contribution in [0.1, 0.15) is 50.4 Å². The number of fused-ring (bicyclic) bond motifs is 2. The predicted molar refractivity (Wildman–Crippen MR) is 91.3 cm³/mol. The van der Waals surface area contributed by atoms with E-state index in [2.05, 4.69) is 48.7 Å². The van der Waals surface area contributed by atoms with E-state index in [1.54, 1.807) is 18.2 Å². The lowest BCUT2D eigenvalue weighted by molar-refractivity contribution is 0.0735. The van der Waals surface area contributed by atoms with Gasteiger partial charge in [0.2, 0.25) is 0 Å². The fourth-order valence-electron chi connectivity index (χ4n) is 4.56. The third-order valence-electron chi connectivity index (χ3n) is 5.75. The van der Waals surface area contributed by atoms with Crippen LogP contribution in [0.25, 0.3) is 0 Å². The summed E-state index contributed by atoms with van der Waals surface area (Å²) in [4.78, 5) is 12.6. The lowest BCUT2D eigenvalue weighted by atomic mass is 9.68. The van der Waals surface area contributed by atoms with Crippen molar-refractivity contribution in [1.82, 2.24) is 5.32 Å². The van der Waals surface area contributed by atoms with Crippen LogP contribution in [0.4, 0.5) is 0 Å². The van der Waals surface area contributed by atoms with Crippen molar-refractivity contribution in [1.29, 1.82) is 0 Å². The first-order valence-electron chi connectivity index (χ1n) is 7.53. The minimum Gasteiger partial charge on any atom is -0.507 e. The number of nitrogens with one attached hydrogen (secondary N) is 1. The summed E-state index contributed by atoms with van der Waals surface area (Å²) < 4.78 is 0.953. The summed E-state index contributed by atoms with van der Waals surface area (Å²) in [5.41, 5.74) is 0.700. The van der Waals surface area contributed by atoms with E-state index in [1.807, 2.05) is 0 Å². The number of benzene rings is 1. The second-order valence-electron chi connectivity index (χ2n) is 7.48. The Morgan fingerprint density at radius 2 is 2.10 bits per heavy atom. The Balaban J connectivity index is 1.86. The van der Waals surface area contributed by atoms with Crippen LogP contribution in [0, 0.1) is 20.3 Å². The number of hydrogen-bond acceptors (Lipinski definition) is 2. The summed E-state index contributed by atoms with van der Waals surface area (Å²) in [6, 6.07) is 5.31. The highest BCUT2D eigenvalue weighted by atomic mass is 127. The van der Waals surface area contributed by atoms with E-state index in [1.165, 1.54) is 19.3 Å². The highest BCUT2D eigenvalue weighted by molar-refractivity contribution is 14.1. The van der Waals surface area contributed by atoms with E-state index < -0.39 is 0 Å². The molecule has 0 spiro atoms. The summed E-state index contributed by atoms with van der Waals surface area (Å²) in [5, 5.41) is 13.2. The number of aromatic hydroxyl groups is 1. The third kappa shape index (κ3) is 2.35. The lowest BCUT2D eigenvalue weighted by Gasteiger charge is -2.43. The molecule has 2 aliphatic carbocycles. The first-order chi connectivity index (χ1) is 9.74. The van der Waals surface area contributed by atoms with Crippen LogP contribution < -0.4 is 5.32 Å². The molecule has 114 valence electrons. The molecule has 21 heavy (non-hydrogen) atoms. The Hall–Kier alpha value is -0.780. The van der Waals surface area contributed by atoms with Gasteiger partial charge in [0.1, 0.15) is 5.75 Å². The first kappa shape index (κ1) is 15.1. The minimum absolute atomic E-state index is 0.0547. The first-order valence-corrected chi connectivity index (χ1v) is 8.61. The molecule has 2 fully saturated rings. The average molecular weight is 399 g/mol. The molecule has 1 aromatic rings. The molecule has 4 heteroatoms. The molecule has 0 aromatic heterocycles. The fraction of sp³-hybridized carbons (Fsp3) is 0.588. The van der Waals surface area contributed by atoms with Gasteiger partial charge in [-0.1, -0.05) is 20.8 Å². The Bertz CT molecular complexity index is 594. The van der Waals surface area contributed by atoms with Crippen molar-refractivity contribution in [2.45, 2.75) is 46.1 Å². The van der Waals surface area contributed by atoms with E-state index >= 15 is 0 Å². The van der Waals surface area contributed by atoms with Gasteiger partial charge in [0, 0.05) is 9.61 Å². The van der Waals surface area contributed by atoms with Gasteiger partial charge >= 0.3 is 0 Å². The number of rotatable bonds is 2. The number of phenolic OH excluding ortho intramolecular Hbond substituents is 1. The van der Waals surface area contributed by atoms with Crippen molar-refractivity contribution in [2.24, 2.45) is 16.7 Å². The standard InChI is InChI=1S/C17H22INO2/c1-16(2)10-6-7-17(3,9-10)15(16)19-14(21)12-8-11(18)4-5-13(12)20/h4-5,8,10,15,20H,6-7,9H2,1-3H3,(H,19,21). The molecule has 2 saturated carbocycles. The van der Waals surface area contributed by atoms with Crippen LogP contribution >= 0.6 is 22.6 Å². The van der Waals surface area contributed by atoms with Gasteiger partial charge in [-0.05, 0) is 76.8 Å². The summed E-state index contributed by atoms with van der Waals surface area (Å²) in [5.74, 6) is 0.592. The molecule has 2 N–H and O–H groups in total. The molecule has 0 heterocycles. The molecule has 1 aromatic carbocycles. The molecule has 3 nitrogen and oxygen atoms in total. The number of carbonyl (C=O) groups is 1. The molecule has 0 aliphatic heterocycles. The van der Waals surface area contributed by atoms with Crippen LogP contribution in [-0.4, -0.2) is 17.1 Å². The molecular formula is C17H22INO2. The number of carbonyl (C=O) groups excluding carboxylic acids is 1. The molecule has 1 amide bonds. The van der Waals surface area contributed by atoms with Crippen molar-refractivity contribution in [3.8, 4) is 5.75 Å². The zero-order valence-corrected chi connectivity index (χ0v) is 14.9. The van der Waals surface area contributed by atoms with Gasteiger partial charge in [0.15, 0.2) is 0 Å². The Morgan fingerprint density at radius 1 is 1.38 bits per heavy atom. The maximum Gasteiger partial charge on any atom is 0.255 e. The topological polar surface area (TPSA) is 49.3 Å². The number of amides is 1. The number of hydrogen-bond donors (Lipinski definition) is 2. The fourth-order valence-corrected chi connectivity index (χ4v) is 5.05.